The summed E-state index contributed by atoms with van der Waals surface area (Å²) in [5.74, 6) is 0.366. The van der Waals surface area contributed by atoms with Crippen molar-refractivity contribution in [2.45, 2.75) is 32.4 Å². The fourth-order valence-corrected chi connectivity index (χ4v) is 2.42. The van der Waals surface area contributed by atoms with E-state index in [9.17, 15) is 9.59 Å². The summed E-state index contributed by atoms with van der Waals surface area (Å²) >= 11 is 0. The molecule has 27 heavy (non-hydrogen) atoms. The van der Waals surface area contributed by atoms with Gasteiger partial charge in [-0.3, -0.25) is 9.59 Å². The Balaban J connectivity index is 1.76. The number of amides is 1. The molecule has 1 N–H and O–H groups in total. The Morgan fingerprint density at radius 2 is 1.67 bits per heavy atom. The van der Waals surface area contributed by atoms with Crippen molar-refractivity contribution in [2.75, 3.05) is 13.7 Å². The number of esters is 1. The van der Waals surface area contributed by atoms with E-state index in [4.69, 9.17) is 14.2 Å². The van der Waals surface area contributed by atoms with Crippen LogP contribution in [0.15, 0.2) is 54.6 Å². The SMILES string of the molecule is CCC(OC(=O)CCOc1ccccc1OC)C(=O)NCc1ccccc1. The zero-order valence-electron chi connectivity index (χ0n) is 15.6. The average molecular weight is 371 g/mol. The molecule has 144 valence electrons. The van der Waals surface area contributed by atoms with Gasteiger partial charge in [-0.2, -0.15) is 0 Å². The minimum absolute atomic E-state index is 0.0422. The first-order valence-corrected chi connectivity index (χ1v) is 8.91. The summed E-state index contributed by atoms with van der Waals surface area (Å²) in [7, 11) is 1.55. The fourth-order valence-electron chi connectivity index (χ4n) is 2.42. The third-order valence-electron chi connectivity index (χ3n) is 3.88. The maximum atomic E-state index is 12.2. The summed E-state index contributed by atoms with van der Waals surface area (Å²) in [6.45, 7) is 2.33. The molecule has 1 unspecified atom stereocenters. The molecule has 0 aliphatic rings. The van der Waals surface area contributed by atoms with Crippen LogP contribution in [-0.2, 0) is 20.9 Å². The summed E-state index contributed by atoms with van der Waals surface area (Å²) in [5, 5.41) is 2.79. The highest BCUT2D eigenvalue weighted by atomic mass is 16.6. The Labute approximate surface area is 159 Å². The van der Waals surface area contributed by atoms with Crippen molar-refractivity contribution in [2.24, 2.45) is 0 Å². The number of benzene rings is 2. The molecule has 2 aromatic carbocycles. The molecule has 6 nitrogen and oxygen atoms in total. The molecule has 0 radical (unpaired) electrons. The van der Waals surface area contributed by atoms with Crippen molar-refractivity contribution >= 4 is 11.9 Å². The van der Waals surface area contributed by atoms with Crippen LogP contribution < -0.4 is 14.8 Å². The molecular formula is C21H25NO5. The first-order chi connectivity index (χ1) is 13.1. The summed E-state index contributed by atoms with van der Waals surface area (Å²) < 4.78 is 16.0. The molecule has 1 atom stereocenters. The number of para-hydroxylation sites is 2. The van der Waals surface area contributed by atoms with Crippen molar-refractivity contribution in [3.63, 3.8) is 0 Å². The number of ether oxygens (including phenoxy) is 3. The van der Waals surface area contributed by atoms with Gasteiger partial charge in [-0.05, 0) is 24.1 Å². The van der Waals surface area contributed by atoms with Gasteiger partial charge in [0.05, 0.1) is 20.1 Å². The Morgan fingerprint density at radius 3 is 2.33 bits per heavy atom. The highest BCUT2D eigenvalue weighted by molar-refractivity contribution is 5.83. The summed E-state index contributed by atoms with van der Waals surface area (Å²) in [6, 6.07) is 16.7. The van der Waals surface area contributed by atoms with Crippen LogP contribution in [0.25, 0.3) is 0 Å². The minimum Gasteiger partial charge on any atom is -0.493 e. The van der Waals surface area contributed by atoms with Gasteiger partial charge in [0.2, 0.25) is 0 Å². The zero-order chi connectivity index (χ0) is 19.5. The second-order valence-electron chi connectivity index (χ2n) is 5.84. The molecule has 0 spiro atoms. The number of nitrogens with one attached hydrogen (secondary N) is 1. The Kier molecular flexibility index (Phi) is 8.16. The number of methoxy groups -OCH3 is 1. The molecule has 2 rings (SSSR count). The fraction of sp³-hybridized carbons (Fsp3) is 0.333. The van der Waals surface area contributed by atoms with E-state index in [0.29, 0.717) is 24.5 Å². The van der Waals surface area contributed by atoms with Gasteiger partial charge in [-0.1, -0.05) is 49.4 Å². The molecule has 2 aromatic rings. The van der Waals surface area contributed by atoms with Gasteiger partial charge in [-0.25, -0.2) is 0 Å². The van der Waals surface area contributed by atoms with Gasteiger partial charge in [0.1, 0.15) is 0 Å². The van der Waals surface area contributed by atoms with Gasteiger partial charge in [0.15, 0.2) is 17.6 Å². The van der Waals surface area contributed by atoms with E-state index in [-0.39, 0.29) is 18.9 Å². The third kappa shape index (κ3) is 6.66. The van der Waals surface area contributed by atoms with Crippen LogP contribution in [0.1, 0.15) is 25.3 Å². The predicted octanol–water partition coefficient (Wildman–Crippen LogP) is 3.10. The predicted molar refractivity (Wildman–Crippen MR) is 102 cm³/mol. The molecule has 6 heteroatoms. The molecule has 0 aliphatic carbocycles. The number of rotatable bonds is 10. The first kappa shape index (κ1) is 20.3. The van der Waals surface area contributed by atoms with Crippen molar-refractivity contribution in [1.29, 1.82) is 0 Å². The standard InChI is InChI=1S/C21H25NO5/c1-3-17(21(24)22-15-16-9-5-4-6-10-16)27-20(23)13-14-26-19-12-8-7-11-18(19)25-2/h4-12,17H,3,13-15H2,1-2H3,(H,22,24). The van der Waals surface area contributed by atoms with E-state index < -0.39 is 12.1 Å². The van der Waals surface area contributed by atoms with Crippen LogP contribution in [0.3, 0.4) is 0 Å². The minimum atomic E-state index is -0.813. The summed E-state index contributed by atoms with van der Waals surface area (Å²) in [6.07, 6.45) is -0.368. The quantitative estimate of drug-likeness (QED) is 0.650. The topological polar surface area (TPSA) is 73.9 Å². The van der Waals surface area contributed by atoms with Crippen LogP contribution in [0.4, 0.5) is 0 Å². The zero-order valence-corrected chi connectivity index (χ0v) is 15.6. The molecule has 0 aliphatic heterocycles. The number of carbonyl (C=O) groups excluding carboxylic acids is 2. The number of carbonyl (C=O) groups is 2. The Hall–Kier alpha value is -3.02. The van der Waals surface area contributed by atoms with Gasteiger partial charge in [-0.15, -0.1) is 0 Å². The van der Waals surface area contributed by atoms with Crippen LogP contribution in [-0.4, -0.2) is 31.7 Å². The second kappa shape index (κ2) is 10.9. The molecule has 0 fully saturated rings. The molecule has 0 heterocycles. The van der Waals surface area contributed by atoms with Crippen molar-refractivity contribution in [3.8, 4) is 11.5 Å². The van der Waals surface area contributed by atoms with E-state index in [0.717, 1.165) is 5.56 Å². The van der Waals surface area contributed by atoms with Crippen LogP contribution in [0, 0.1) is 0 Å². The number of hydrogen-bond donors (Lipinski definition) is 1. The average Bonchev–Trinajstić information content (AvgIpc) is 2.71. The molecular weight excluding hydrogens is 346 g/mol. The number of hydrogen-bond acceptors (Lipinski definition) is 5. The van der Waals surface area contributed by atoms with Crippen molar-refractivity contribution < 1.29 is 23.8 Å². The summed E-state index contributed by atoms with van der Waals surface area (Å²) in [4.78, 5) is 24.2. The molecule has 0 saturated heterocycles. The first-order valence-electron chi connectivity index (χ1n) is 8.91. The van der Waals surface area contributed by atoms with Crippen LogP contribution in [0.2, 0.25) is 0 Å². The largest absolute Gasteiger partial charge is 0.493 e. The van der Waals surface area contributed by atoms with Gasteiger partial charge < -0.3 is 19.5 Å². The lowest BCUT2D eigenvalue weighted by molar-refractivity contribution is -0.156. The lowest BCUT2D eigenvalue weighted by Crippen LogP contribution is -2.37. The van der Waals surface area contributed by atoms with E-state index in [1.807, 2.05) is 42.5 Å². The maximum absolute atomic E-state index is 12.2. The van der Waals surface area contributed by atoms with Gasteiger partial charge in [0, 0.05) is 6.54 Å². The normalized spacial score (nSPS) is 11.3. The highest BCUT2D eigenvalue weighted by Crippen LogP contribution is 2.25. The highest BCUT2D eigenvalue weighted by Gasteiger charge is 2.20. The van der Waals surface area contributed by atoms with Crippen molar-refractivity contribution in [3.05, 3.63) is 60.2 Å². The van der Waals surface area contributed by atoms with E-state index in [1.54, 1.807) is 26.2 Å². The molecule has 0 bridgehead atoms. The van der Waals surface area contributed by atoms with Gasteiger partial charge in [0.25, 0.3) is 5.91 Å². The van der Waals surface area contributed by atoms with E-state index in [1.165, 1.54) is 0 Å². The lowest BCUT2D eigenvalue weighted by atomic mass is 10.2. The third-order valence-corrected chi connectivity index (χ3v) is 3.88. The molecule has 0 saturated carbocycles. The Bertz CT molecular complexity index is 732. The summed E-state index contributed by atoms with van der Waals surface area (Å²) in [5.41, 5.74) is 0.984. The van der Waals surface area contributed by atoms with E-state index in [2.05, 4.69) is 5.32 Å². The monoisotopic (exact) mass is 371 g/mol. The van der Waals surface area contributed by atoms with Crippen molar-refractivity contribution in [1.82, 2.24) is 5.32 Å². The van der Waals surface area contributed by atoms with Crippen LogP contribution in [0.5, 0.6) is 11.5 Å². The lowest BCUT2D eigenvalue weighted by Gasteiger charge is -2.16. The van der Waals surface area contributed by atoms with Crippen LogP contribution >= 0.6 is 0 Å². The maximum Gasteiger partial charge on any atom is 0.310 e. The molecule has 1 amide bonds. The smallest absolute Gasteiger partial charge is 0.310 e. The van der Waals surface area contributed by atoms with Gasteiger partial charge >= 0.3 is 5.97 Å². The Morgan fingerprint density at radius 1 is 1.00 bits per heavy atom. The molecule has 0 aromatic heterocycles. The van der Waals surface area contributed by atoms with E-state index >= 15 is 0 Å². The second-order valence-corrected chi connectivity index (χ2v) is 5.84.